The second kappa shape index (κ2) is 14.1. The molecule has 2 amide bonds. The van der Waals surface area contributed by atoms with E-state index in [4.69, 9.17) is 4.74 Å². The van der Waals surface area contributed by atoms with Gasteiger partial charge in [0.1, 0.15) is 18.0 Å². The Morgan fingerprint density at radius 1 is 1.06 bits per heavy atom. The molecule has 250 valence electrons. The van der Waals surface area contributed by atoms with Gasteiger partial charge in [0.2, 0.25) is 15.9 Å². The predicted octanol–water partition coefficient (Wildman–Crippen LogP) is 5.02. The summed E-state index contributed by atoms with van der Waals surface area (Å²) < 4.78 is 31.8. The van der Waals surface area contributed by atoms with Crippen molar-refractivity contribution in [1.82, 2.24) is 19.3 Å². The molecule has 0 aliphatic rings. The van der Waals surface area contributed by atoms with Crippen LogP contribution in [0.25, 0.3) is 22.4 Å². The van der Waals surface area contributed by atoms with E-state index >= 15 is 0 Å². The fraction of sp³-hybridized carbons (Fsp3) is 0.364. The number of hydrogen-bond donors (Lipinski definition) is 2. The normalized spacial score (nSPS) is 11.8. The third-order valence-electron chi connectivity index (χ3n) is 7.21. The fourth-order valence-electron chi connectivity index (χ4n) is 4.59. The van der Waals surface area contributed by atoms with Gasteiger partial charge in [-0.05, 0) is 83.4 Å². The van der Waals surface area contributed by atoms with E-state index in [-0.39, 0.29) is 24.6 Å². The summed E-state index contributed by atoms with van der Waals surface area (Å²) in [6, 6.07) is 11.5. The number of benzene rings is 1. The number of thiazole rings is 1. The van der Waals surface area contributed by atoms with Crippen LogP contribution in [0.4, 0.5) is 10.9 Å². The van der Waals surface area contributed by atoms with Crippen LogP contribution in [-0.2, 0) is 24.3 Å². The van der Waals surface area contributed by atoms with E-state index in [0.29, 0.717) is 27.9 Å². The van der Waals surface area contributed by atoms with Crippen molar-refractivity contribution in [1.29, 1.82) is 0 Å². The topological polar surface area (TPSA) is 153 Å². The quantitative estimate of drug-likeness (QED) is 0.208. The van der Waals surface area contributed by atoms with Gasteiger partial charge in [-0.15, -0.1) is 11.3 Å². The van der Waals surface area contributed by atoms with Gasteiger partial charge in [-0.1, -0.05) is 18.2 Å². The van der Waals surface area contributed by atoms with Gasteiger partial charge in [0.25, 0.3) is 5.91 Å². The highest BCUT2D eigenvalue weighted by Crippen LogP contribution is 2.30. The number of anilines is 2. The van der Waals surface area contributed by atoms with E-state index in [1.165, 1.54) is 17.5 Å². The molecule has 47 heavy (non-hydrogen) atoms. The van der Waals surface area contributed by atoms with Gasteiger partial charge >= 0.3 is 5.97 Å². The first-order chi connectivity index (χ1) is 22.0. The molecule has 2 N–H and O–H groups in total. The van der Waals surface area contributed by atoms with Gasteiger partial charge in [0.05, 0.1) is 23.1 Å². The van der Waals surface area contributed by atoms with Gasteiger partial charge in [-0.3, -0.25) is 14.4 Å². The lowest BCUT2D eigenvalue weighted by Crippen LogP contribution is -2.33. The standard InChI is InChI=1S/C33H40N6O6S2/c1-20(2)47(43,44)39-17-26(21(3)22(39)4)31(42)35-16-29(40)37-32-36-27(19-46-32)25-11-9-10-23(14-25)24-12-13-34-28(15-24)38(8)18-30(41)45-33(5,6)7/h9-15,17,19-20H,16,18H2,1-8H3,(H,35,42)(H,36,37,40). The average molecular weight is 681 g/mol. The van der Waals surface area contributed by atoms with Crippen LogP contribution in [0.2, 0.25) is 0 Å². The van der Waals surface area contributed by atoms with E-state index < -0.39 is 32.7 Å². The number of hydrogen-bond acceptors (Lipinski definition) is 10. The summed E-state index contributed by atoms with van der Waals surface area (Å²) in [4.78, 5) is 48.5. The van der Waals surface area contributed by atoms with Crippen LogP contribution in [0.3, 0.4) is 0 Å². The minimum atomic E-state index is -3.64. The van der Waals surface area contributed by atoms with Gasteiger partial charge in [-0.2, -0.15) is 0 Å². The minimum absolute atomic E-state index is 0.0558. The molecule has 0 saturated heterocycles. The summed E-state index contributed by atoms with van der Waals surface area (Å²) in [6.45, 7) is 11.7. The average Bonchev–Trinajstić information content (AvgIpc) is 3.59. The molecule has 0 saturated carbocycles. The van der Waals surface area contributed by atoms with Crippen LogP contribution >= 0.6 is 11.3 Å². The summed E-state index contributed by atoms with van der Waals surface area (Å²) in [5, 5.41) is 6.79. The van der Waals surface area contributed by atoms with Crippen LogP contribution in [0.1, 0.15) is 56.2 Å². The number of nitrogens with zero attached hydrogens (tertiary/aromatic N) is 4. The highest BCUT2D eigenvalue weighted by Gasteiger charge is 2.25. The fourth-order valence-corrected chi connectivity index (χ4v) is 6.55. The van der Waals surface area contributed by atoms with Gasteiger partial charge in [-0.25, -0.2) is 22.4 Å². The van der Waals surface area contributed by atoms with Crippen molar-refractivity contribution in [3.8, 4) is 22.4 Å². The molecule has 0 aliphatic heterocycles. The zero-order chi connectivity index (χ0) is 34.7. The van der Waals surface area contributed by atoms with E-state index in [0.717, 1.165) is 20.7 Å². The van der Waals surface area contributed by atoms with E-state index in [1.807, 2.05) is 62.5 Å². The lowest BCUT2D eigenvalue weighted by Gasteiger charge is -2.23. The Balaban J connectivity index is 1.39. The second-order valence-electron chi connectivity index (χ2n) is 12.3. The molecule has 0 atom stereocenters. The van der Waals surface area contributed by atoms with Crippen molar-refractivity contribution >= 4 is 50.1 Å². The van der Waals surface area contributed by atoms with Gasteiger partial charge in [0.15, 0.2) is 5.13 Å². The number of nitrogens with one attached hydrogen (secondary N) is 2. The molecule has 3 heterocycles. The second-order valence-corrected chi connectivity index (χ2v) is 15.6. The molecule has 0 fully saturated rings. The summed E-state index contributed by atoms with van der Waals surface area (Å²) >= 11 is 1.25. The molecule has 0 spiro atoms. The molecule has 0 aliphatic carbocycles. The number of rotatable bonds is 11. The Labute approximate surface area is 279 Å². The summed E-state index contributed by atoms with van der Waals surface area (Å²) in [6.07, 6.45) is 2.98. The molecule has 14 heteroatoms. The van der Waals surface area contributed by atoms with Crippen molar-refractivity contribution in [2.75, 3.05) is 30.4 Å². The number of esters is 1. The van der Waals surface area contributed by atoms with Crippen molar-refractivity contribution in [3.63, 3.8) is 0 Å². The van der Waals surface area contributed by atoms with E-state index in [1.54, 1.807) is 45.8 Å². The zero-order valence-corrected chi connectivity index (χ0v) is 29.4. The smallest absolute Gasteiger partial charge is 0.326 e. The van der Waals surface area contributed by atoms with E-state index in [9.17, 15) is 22.8 Å². The number of ether oxygens (including phenoxy) is 1. The molecule has 0 radical (unpaired) electrons. The number of aromatic nitrogens is 3. The Kier molecular flexibility index (Phi) is 10.6. The summed E-state index contributed by atoms with van der Waals surface area (Å²) in [5.41, 5.74) is 3.89. The molecule has 12 nitrogen and oxygen atoms in total. The first kappa shape index (κ1) is 35.3. The first-order valence-corrected chi connectivity index (χ1v) is 17.3. The van der Waals surface area contributed by atoms with Crippen LogP contribution in [-0.4, -0.2) is 71.1 Å². The number of likely N-dealkylation sites (N-methyl/N-ethyl adjacent to an activating group) is 1. The van der Waals surface area contributed by atoms with Gasteiger partial charge < -0.3 is 20.3 Å². The van der Waals surface area contributed by atoms with Crippen molar-refractivity contribution < 1.29 is 27.5 Å². The largest absolute Gasteiger partial charge is 0.459 e. The van der Waals surface area contributed by atoms with Crippen molar-refractivity contribution in [2.24, 2.45) is 0 Å². The Morgan fingerprint density at radius 2 is 1.74 bits per heavy atom. The SMILES string of the molecule is Cc1c(C(=O)NCC(=O)Nc2nc(-c3cccc(-c4ccnc(N(C)CC(=O)OC(C)(C)C)c4)c3)cs2)cn(S(=O)(=O)C(C)C)c1C. The Hall–Kier alpha value is -4.56. The maximum Gasteiger partial charge on any atom is 0.326 e. The third-order valence-corrected chi connectivity index (χ3v) is 10.1. The molecule has 1 aromatic carbocycles. The Bertz CT molecular complexity index is 1910. The molecular formula is C33H40N6O6S2. The van der Waals surface area contributed by atoms with Crippen LogP contribution in [0, 0.1) is 13.8 Å². The third kappa shape index (κ3) is 8.63. The number of carbonyl (C=O) groups is 3. The number of pyridine rings is 1. The molecule has 3 aromatic heterocycles. The van der Waals surface area contributed by atoms with Crippen LogP contribution < -0.4 is 15.5 Å². The minimum Gasteiger partial charge on any atom is -0.459 e. The van der Waals surface area contributed by atoms with Crippen molar-refractivity contribution in [3.05, 3.63) is 71.0 Å². The number of carbonyl (C=O) groups excluding carboxylic acids is 3. The van der Waals surface area contributed by atoms with Gasteiger partial charge in [0, 0.05) is 36.1 Å². The highest BCUT2D eigenvalue weighted by atomic mass is 32.2. The monoisotopic (exact) mass is 680 g/mol. The van der Waals surface area contributed by atoms with Crippen molar-refractivity contribution in [2.45, 2.75) is 59.3 Å². The van der Waals surface area contributed by atoms with Crippen LogP contribution in [0.5, 0.6) is 0 Å². The zero-order valence-electron chi connectivity index (χ0n) is 27.7. The first-order valence-electron chi connectivity index (χ1n) is 14.9. The summed E-state index contributed by atoms with van der Waals surface area (Å²) in [7, 11) is -1.86. The number of amides is 2. The lowest BCUT2D eigenvalue weighted by molar-refractivity contribution is -0.152. The van der Waals surface area contributed by atoms with Crippen LogP contribution in [0.15, 0.2) is 54.2 Å². The summed E-state index contributed by atoms with van der Waals surface area (Å²) in [5.74, 6) is -0.752. The maximum atomic E-state index is 12.8. The van der Waals surface area contributed by atoms with E-state index in [2.05, 4.69) is 20.6 Å². The molecule has 4 rings (SSSR count). The maximum absolute atomic E-state index is 12.8. The molecule has 4 aromatic rings. The molecule has 0 unspecified atom stereocenters. The molecule has 0 bridgehead atoms. The highest BCUT2D eigenvalue weighted by molar-refractivity contribution is 7.90. The molecular weight excluding hydrogens is 641 g/mol. The lowest BCUT2D eigenvalue weighted by atomic mass is 10.0. The Morgan fingerprint density at radius 3 is 2.43 bits per heavy atom. The predicted molar refractivity (Wildman–Crippen MR) is 184 cm³/mol.